The number of nitrogens with one attached hydrogen (secondary N) is 1. The number of benzene rings is 2. The molecule has 0 unspecified atom stereocenters. The third-order valence-corrected chi connectivity index (χ3v) is 5.98. The minimum absolute atomic E-state index is 0.0392. The molecule has 3 aromatic rings. The van der Waals surface area contributed by atoms with Gasteiger partial charge in [0.1, 0.15) is 11.4 Å². The molecule has 8 nitrogen and oxygen atoms in total. The van der Waals surface area contributed by atoms with E-state index in [1.54, 1.807) is 37.9 Å². The Morgan fingerprint density at radius 1 is 1.20 bits per heavy atom. The molecule has 1 amide bonds. The van der Waals surface area contributed by atoms with Crippen LogP contribution in [0.25, 0.3) is 10.9 Å². The normalized spacial score (nSPS) is 18.5. The number of H-pyrrole nitrogens is 1. The summed E-state index contributed by atoms with van der Waals surface area (Å²) in [6, 6.07) is 6.82. The van der Waals surface area contributed by atoms with Crippen molar-refractivity contribution < 1.29 is 33.0 Å². The summed E-state index contributed by atoms with van der Waals surface area (Å²) >= 11 is 0. The molecule has 35 heavy (non-hydrogen) atoms. The Bertz CT molecular complexity index is 1250. The number of hydrogen-bond donors (Lipinski definition) is 2. The van der Waals surface area contributed by atoms with Crippen LogP contribution in [0.15, 0.2) is 36.5 Å². The second-order valence-electron chi connectivity index (χ2n) is 9.68. The number of fused-ring (bicyclic) bond motifs is 1. The molecule has 1 saturated heterocycles. The third kappa shape index (κ3) is 5.52. The maximum Gasteiger partial charge on any atom is 0.410 e. The zero-order chi connectivity index (χ0) is 25.3. The average molecular weight is 488 g/mol. The van der Waals surface area contributed by atoms with E-state index in [1.807, 2.05) is 0 Å². The van der Waals surface area contributed by atoms with Gasteiger partial charge >= 0.3 is 12.1 Å². The molecule has 4 rings (SSSR count). The number of ether oxygens (including phenoxy) is 2. The van der Waals surface area contributed by atoms with Gasteiger partial charge in [0.15, 0.2) is 11.6 Å². The number of amides is 1. The Hall–Kier alpha value is -3.69. The van der Waals surface area contributed by atoms with Crippen LogP contribution in [0, 0.1) is 17.6 Å². The Balaban J connectivity index is 1.60. The van der Waals surface area contributed by atoms with Gasteiger partial charge in [-0.2, -0.15) is 5.10 Å². The quantitative estimate of drug-likeness (QED) is 0.527. The highest BCUT2D eigenvalue weighted by molar-refractivity contribution is 5.88. The van der Waals surface area contributed by atoms with Crippen LogP contribution in [-0.2, 0) is 4.74 Å². The molecule has 2 N–H and O–H groups in total. The SMILES string of the molecule is CC(C)(C)OC(=O)N1CC[C@@H](c2ccc(F)c(C(=O)O)c2)[C@H](COc2cc3cn[nH]c3cc2F)C1. The molecule has 186 valence electrons. The van der Waals surface area contributed by atoms with Crippen molar-refractivity contribution in [2.24, 2.45) is 5.92 Å². The number of carboxylic acid groups (broad SMARTS) is 1. The van der Waals surface area contributed by atoms with E-state index in [-0.39, 0.29) is 30.7 Å². The lowest BCUT2D eigenvalue weighted by molar-refractivity contribution is 0.0110. The van der Waals surface area contributed by atoms with Gasteiger partial charge < -0.3 is 19.5 Å². The van der Waals surface area contributed by atoms with Crippen LogP contribution in [0.5, 0.6) is 5.75 Å². The van der Waals surface area contributed by atoms with Crippen LogP contribution in [0.3, 0.4) is 0 Å². The Kier molecular flexibility index (Phi) is 6.64. The number of aromatic carboxylic acids is 1. The fraction of sp³-hybridized carbons (Fsp3) is 0.400. The van der Waals surface area contributed by atoms with Gasteiger partial charge in [-0.25, -0.2) is 18.4 Å². The second-order valence-corrected chi connectivity index (χ2v) is 9.68. The van der Waals surface area contributed by atoms with E-state index in [2.05, 4.69) is 10.2 Å². The van der Waals surface area contributed by atoms with E-state index in [9.17, 15) is 23.5 Å². The molecule has 2 atom stereocenters. The first-order valence-corrected chi connectivity index (χ1v) is 11.3. The molecule has 1 aliphatic heterocycles. The van der Waals surface area contributed by atoms with Crippen molar-refractivity contribution in [2.45, 2.75) is 38.7 Å². The van der Waals surface area contributed by atoms with Crippen molar-refractivity contribution in [1.82, 2.24) is 15.1 Å². The van der Waals surface area contributed by atoms with Crippen molar-refractivity contribution in [3.8, 4) is 5.75 Å². The number of carbonyl (C=O) groups is 2. The maximum absolute atomic E-state index is 14.6. The summed E-state index contributed by atoms with van der Waals surface area (Å²) < 4.78 is 39.9. The predicted molar refractivity (Wildman–Crippen MR) is 124 cm³/mol. The highest BCUT2D eigenvalue weighted by Gasteiger charge is 2.35. The number of aromatic amines is 1. The number of carboxylic acids is 1. The number of carbonyl (C=O) groups excluding carboxylic acids is 1. The van der Waals surface area contributed by atoms with E-state index in [1.165, 1.54) is 18.2 Å². The predicted octanol–water partition coefficient (Wildman–Crippen LogP) is 4.96. The van der Waals surface area contributed by atoms with Gasteiger partial charge in [0.2, 0.25) is 0 Å². The highest BCUT2D eigenvalue weighted by Crippen LogP contribution is 2.35. The lowest BCUT2D eigenvalue weighted by Gasteiger charge is -2.39. The van der Waals surface area contributed by atoms with Gasteiger partial charge in [-0.15, -0.1) is 0 Å². The lowest BCUT2D eigenvalue weighted by atomic mass is 9.80. The fourth-order valence-electron chi connectivity index (χ4n) is 4.32. The van der Waals surface area contributed by atoms with Gasteiger partial charge in [0.05, 0.1) is 23.9 Å². The number of aromatic nitrogens is 2. The van der Waals surface area contributed by atoms with Crippen LogP contribution >= 0.6 is 0 Å². The molecule has 0 saturated carbocycles. The zero-order valence-corrected chi connectivity index (χ0v) is 19.7. The topological polar surface area (TPSA) is 105 Å². The number of hydrogen-bond acceptors (Lipinski definition) is 5. The number of piperidine rings is 1. The van der Waals surface area contributed by atoms with Crippen LogP contribution in [0.4, 0.5) is 13.6 Å². The van der Waals surface area contributed by atoms with Gasteiger partial charge in [0, 0.05) is 30.5 Å². The van der Waals surface area contributed by atoms with E-state index >= 15 is 0 Å². The van der Waals surface area contributed by atoms with Crippen molar-refractivity contribution in [1.29, 1.82) is 0 Å². The zero-order valence-electron chi connectivity index (χ0n) is 19.7. The Morgan fingerprint density at radius 2 is 1.97 bits per heavy atom. The minimum Gasteiger partial charge on any atom is -0.490 e. The van der Waals surface area contributed by atoms with Crippen molar-refractivity contribution >= 4 is 23.0 Å². The molecular formula is C25H27F2N3O5. The summed E-state index contributed by atoms with van der Waals surface area (Å²) in [5.74, 6) is -3.28. The van der Waals surface area contributed by atoms with Crippen molar-refractivity contribution in [2.75, 3.05) is 19.7 Å². The summed E-state index contributed by atoms with van der Waals surface area (Å²) in [5, 5.41) is 16.6. The first kappa shape index (κ1) is 24.4. The molecule has 10 heteroatoms. The summed E-state index contributed by atoms with van der Waals surface area (Å²) in [5.41, 5.74) is 0.0605. The molecule has 1 aliphatic rings. The Morgan fingerprint density at radius 3 is 2.69 bits per heavy atom. The summed E-state index contributed by atoms with van der Waals surface area (Å²) in [6.07, 6.45) is 1.56. The molecule has 2 aromatic carbocycles. The Labute approximate surface area is 200 Å². The molecule has 1 fully saturated rings. The molecular weight excluding hydrogens is 460 g/mol. The molecule has 0 spiro atoms. The van der Waals surface area contributed by atoms with Crippen LogP contribution < -0.4 is 4.74 Å². The van der Waals surface area contributed by atoms with Crippen LogP contribution in [0.1, 0.15) is 49.0 Å². The van der Waals surface area contributed by atoms with Gasteiger partial charge in [0.25, 0.3) is 0 Å². The molecule has 0 radical (unpaired) electrons. The van der Waals surface area contributed by atoms with Gasteiger partial charge in [-0.3, -0.25) is 5.10 Å². The maximum atomic E-state index is 14.6. The molecule has 0 aliphatic carbocycles. The van der Waals surface area contributed by atoms with Crippen LogP contribution in [-0.4, -0.2) is 57.6 Å². The standard InChI is InChI=1S/C25H27F2N3O5/c1-25(2,3)35-24(33)30-7-6-17(14-4-5-19(26)18(8-14)23(31)32)16(12-30)13-34-22-9-15-11-28-29-21(15)10-20(22)27/h4-5,8-11,16-17H,6-7,12-13H2,1-3H3,(H,28,29)(H,31,32)/t16-,17-/m0/s1. The van der Waals surface area contributed by atoms with E-state index in [4.69, 9.17) is 9.47 Å². The highest BCUT2D eigenvalue weighted by atomic mass is 19.1. The lowest BCUT2D eigenvalue weighted by Crippen LogP contribution is -2.46. The summed E-state index contributed by atoms with van der Waals surface area (Å²) in [6.45, 7) is 5.99. The van der Waals surface area contributed by atoms with E-state index < -0.39 is 34.9 Å². The first-order valence-electron chi connectivity index (χ1n) is 11.3. The molecule has 2 heterocycles. The summed E-state index contributed by atoms with van der Waals surface area (Å²) in [4.78, 5) is 25.7. The number of rotatable bonds is 5. The number of likely N-dealkylation sites (tertiary alicyclic amines) is 1. The molecule has 0 bridgehead atoms. The van der Waals surface area contributed by atoms with E-state index in [0.29, 0.717) is 29.4 Å². The fourth-order valence-corrected chi connectivity index (χ4v) is 4.32. The van der Waals surface area contributed by atoms with Gasteiger partial charge in [-0.05, 0) is 56.9 Å². The van der Waals surface area contributed by atoms with Crippen molar-refractivity contribution in [3.05, 3.63) is 59.3 Å². The minimum atomic E-state index is -1.36. The largest absolute Gasteiger partial charge is 0.490 e. The average Bonchev–Trinajstić information content (AvgIpc) is 3.23. The van der Waals surface area contributed by atoms with Gasteiger partial charge in [-0.1, -0.05) is 6.07 Å². The first-order chi connectivity index (χ1) is 16.5. The van der Waals surface area contributed by atoms with Crippen LogP contribution in [0.2, 0.25) is 0 Å². The molecule has 1 aromatic heterocycles. The number of nitrogens with zero attached hydrogens (tertiary/aromatic N) is 2. The second kappa shape index (κ2) is 9.52. The van der Waals surface area contributed by atoms with Crippen molar-refractivity contribution in [3.63, 3.8) is 0 Å². The van der Waals surface area contributed by atoms with E-state index in [0.717, 1.165) is 6.07 Å². The third-order valence-electron chi connectivity index (χ3n) is 5.98. The monoisotopic (exact) mass is 487 g/mol. The summed E-state index contributed by atoms with van der Waals surface area (Å²) in [7, 11) is 0. The smallest absolute Gasteiger partial charge is 0.410 e. The number of halogens is 2.